The standard InChI is InChI=1S/C6H8N2O/c1-3-7-8-5-2-4-9-6(1)5/h2,4,7-8H,1,3H2. The molecule has 0 saturated heterocycles. The monoisotopic (exact) mass is 124 g/mol. The summed E-state index contributed by atoms with van der Waals surface area (Å²) in [4.78, 5) is 0. The number of furan rings is 1. The maximum absolute atomic E-state index is 5.15. The van der Waals surface area contributed by atoms with Crippen molar-refractivity contribution in [1.82, 2.24) is 5.43 Å². The third kappa shape index (κ3) is 0.695. The van der Waals surface area contributed by atoms with Gasteiger partial charge in [-0.25, -0.2) is 5.43 Å². The summed E-state index contributed by atoms with van der Waals surface area (Å²) in [5.74, 6) is 1.05. The Morgan fingerprint density at radius 3 is 3.44 bits per heavy atom. The van der Waals surface area contributed by atoms with E-state index in [0.29, 0.717) is 0 Å². The summed E-state index contributed by atoms with van der Waals surface area (Å²) in [5, 5.41) is 0. The first-order chi connectivity index (χ1) is 4.47. The van der Waals surface area contributed by atoms with Crippen LogP contribution in [0.5, 0.6) is 0 Å². The average molecular weight is 124 g/mol. The van der Waals surface area contributed by atoms with Gasteiger partial charge in [0.1, 0.15) is 5.76 Å². The van der Waals surface area contributed by atoms with Gasteiger partial charge in [-0.3, -0.25) is 0 Å². The quantitative estimate of drug-likeness (QED) is 0.536. The Hall–Kier alpha value is -0.960. The molecule has 0 saturated carbocycles. The molecule has 0 aromatic carbocycles. The van der Waals surface area contributed by atoms with Crippen molar-refractivity contribution in [2.24, 2.45) is 0 Å². The Morgan fingerprint density at radius 1 is 1.56 bits per heavy atom. The van der Waals surface area contributed by atoms with Crippen LogP contribution in [-0.4, -0.2) is 6.54 Å². The van der Waals surface area contributed by atoms with E-state index in [1.54, 1.807) is 6.26 Å². The van der Waals surface area contributed by atoms with Gasteiger partial charge in [0.15, 0.2) is 0 Å². The Labute approximate surface area is 53.0 Å². The SMILES string of the molecule is c1cc2c(o1)CCNN2. The van der Waals surface area contributed by atoms with Crippen LogP contribution in [0, 0.1) is 0 Å². The second-order valence-corrected chi connectivity index (χ2v) is 2.06. The van der Waals surface area contributed by atoms with Crippen molar-refractivity contribution in [3.8, 4) is 0 Å². The van der Waals surface area contributed by atoms with Gasteiger partial charge in [-0.05, 0) is 0 Å². The molecular formula is C6H8N2O. The molecule has 0 spiro atoms. The molecule has 0 unspecified atom stereocenters. The predicted molar refractivity (Wildman–Crippen MR) is 34.0 cm³/mol. The first kappa shape index (κ1) is 4.88. The topological polar surface area (TPSA) is 37.2 Å². The molecule has 1 aromatic heterocycles. The first-order valence-corrected chi connectivity index (χ1v) is 3.02. The van der Waals surface area contributed by atoms with Crippen molar-refractivity contribution in [3.05, 3.63) is 18.1 Å². The summed E-state index contributed by atoms with van der Waals surface area (Å²) in [7, 11) is 0. The summed E-state index contributed by atoms with van der Waals surface area (Å²) in [6, 6.07) is 1.92. The highest BCUT2D eigenvalue weighted by molar-refractivity contribution is 5.46. The summed E-state index contributed by atoms with van der Waals surface area (Å²) < 4.78 is 5.15. The minimum absolute atomic E-state index is 0.945. The molecule has 0 radical (unpaired) electrons. The van der Waals surface area contributed by atoms with E-state index in [9.17, 15) is 0 Å². The Morgan fingerprint density at radius 2 is 2.56 bits per heavy atom. The lowest BCUT2D eigenvalue weighted by Crippen LogP contribution is -2.28. The number of nitrogens with one attached hydrogen (secondary N) is 2. The predicted octanol–water partition coefficient (Wildman–Crippen LogP) is 0.752. The smallest absolute Gasteiger partial charge is 0.129 e. The van der Waals surface area contributed by atoms with Gasteiger partial charge in [-0.15, -0.1) is 0 Å². The van der Waals surface area contributed by atoms with Crippen molar-refractivity contribution in [3.63, 3.8) is 0 Å². The fourth-order valence-corrected chi connectivity index (χ4v) is 0.979. The highest BCUT2D eigenvalue weighted by Crippen LogP contribution is 2.17. The highest BCUT2D eigenvalue weighted by Gasteiger charge is 2.08. The van der Waals surface area contributed by atoms with Gasteiger partial charge in [0.05, 0.1) is 12.0 Å². The number of rotatable bonds is 0. The van der Waals surface area contributed by atoms with Crippen LogP contribution in [0.4, 0.5) is 5.69 Å². The summed E-state index contributed by atoms with van der Waals surface area (Å²) in [5.41, 5.74) is 7.09. The van der Waals surface area contributed by atoms with Crippen LogP contribution in [0.1, 0.15) is 5.76 Å². The molecule has 2 rings (SSSR count). The van der Waals surface area contributed by atoms with Crippen LogP contribution in [0.25, 0.3) is 0 Å². The molecule has 1 aromatic rings. The maximum atomic E-state index is 5.15. The van der Waals surface area contributed by atoms with Crippen LogP contribution < -0.4 is 10.9 Å². The normalized spacial score (nSPS) is 16.4. The van der Waals surface area contributed by atoms with Crippen molar-refractivity contribution < 1.29 is 4.42 Å². The molecule has 0 bridgehead atoms. The van der Waals surface area contributed by atoms with Crippen molar-refractivity contribution in [2.75, 3.05) is 12.0 Å². The lowest BCUT2D eigenvalue weighted by Gasteiger charge is -2.12. The highest BCUT2D eigenvalue weighted by atomic mass is 16.3. The van der Waals surface area contributed by atoms with Crippen molar-refractivity contribution in [2.45, 2.75) is 6.42 Å². The van der Waals surface area contributed by atoms with Crippen LogP contribution in [0.3, 0.4) is 0 Å². The van der Waals surface area contributed by atoms with Crippen LogP contribution in [0.2, 0.25) is 0 Å². The van der Waals surface area contributed by atoms with Crippen LogP contribution >= 0.6 is 0 Å². The molecule has 0 atom stereocenters. The van der Waals surface area contributed by atoms with Gasteiger partial charge < -0.3 is 9.84 Å². The molecule has 3 heteroatoms. The van der Waals surface area contributed by atoms with Gasteiger partial charge in [0.25, 0.3) is 0 Å². The number of anilines is 1. The van der Waals surface area contributed by atoms with Gasteiger partial charge in [-0.2, -0.15) is 0 Å². The summed E-state index contributed by atoms with van der Waals surface area (Å²) in [6.07, 6.45) is 2.68. The molecule has 1 aliphatic heterocycles. The fourth-order valence-electron chi connectivity index (χ4n) is 0.979. The molecule has 9 heavy (non-hydrogen) atoms. The number of hydrogen-bond acceptors (Lipinski definition) is 3. The summed E-state index contributed by atoms with van der Waals surface area (Å²) in [6.45, 7) is 0.945. The van der Waals surface area contributed by atoms with E-state index in [-0.39, 0.29) is 0 Å². The van der Waals surface area contributed by atoms with E-state index in [1.807, 2.05) is 6.07 Å². The molecule has 0 amide bonds. The second kappa shape index (κ2) is 1.77. The van der Waals surface area contributed by atoms with Crippen LogP contribution in [-0.2, 0) is 6.42 Å². The zero-order chi connectivity index (χ0) is 6.10. The zero-order valence-corrected chi connectivity index (χ0v) is 4.98. The van der Waals surface area contributed by atoms with Gasteiger partial charge in [0.2, 0.25) is 0 Å². The lowest BCUT2D eigenvalue weighted by molar-refractivity contribution is 0.496. The van der Waals surface area contributed by atoms with E-state index in [2.05, 4.69) is 10.9 Å². The van der Waals surface area contributed by atoms with Gasteiger partial charge in [-0.1, -0.05) is 0 Å². The van der Waals surface area contributed by atoms with E-state index in [0.717, 1.165) is 24.4 Å². The van der Waals surface area contributed by atoms with Gasteiger partial charge in [0, 0.05) is 19.0 Å². The summed E-state index contributed by atoms with van der Waals surface area (Å²) >= 11 is 0. The molecule has 2 heterocycles. The fraction of sp³-hybridized carbons (Fsp3) is 0.333. The molecule has 0 aliphatic carbocycles. The third-order valence-electron chi connectivity index (χ3n) is 1.45. The lowest BCUT2D eigenvalue weighted by atomic mass is 10.3. The molecular weight excluding hydrogens is 116 g/mol. The Balaban J connectivity index is 2.39. The van der Waals surface area contributed by atoms with E-state index >= 15 is 0 Å². The van der Waals surface area contributed by atoms with Crippen molar-refractivity contribution >= 4 is 5.69 Å². The maximum Gasteiger partial charge on any atom is 0.129 e. The van der Waals surface area contributed by atoms with E-state index < -0.39 is 0 Å². The zero-order valence-electron chi connectivity index (χ0n) is 4.98. The minimum Gasteiger partial charge on any atom is -0.467 e. The molecule has 0 fully saturated rings. The van der Waals surface area contributed by atoms with E-state index in [1.165, 1.54) is 0 Å². The Bertz CT molecular complexity index is 186. The van der Waals surface area contributed by atoms with Gasteiger partial charge >= 0.3 is 0 Å². The Kier molecular flexibility index (Phi) is 0.960. The molecule has 1 aliphatic rings. The third-order valence-corrected chi connectivity index (χ3v) is 1.45. The minimum atomic E-state index is 0.945. The van der Waals surface area contributed by atoms with E-state index in [4.69, 9.17) is 4.42 Å². The number of fused-ring (bicyclic) bond motifs is 1. The number of hydrogen-bond donors (Lipinski definition) is 2. The van der Waals surface area contributed by atoms with Crippen molar-refractivity contribution in [1.29, 1.82) is 0 Å². The van der Waals surface area contributed by atoms with Crippen LogP contribution in [0.15, 0.2) is 16.7 Å². The molecule has 48 valence electrons. The average Bonchev–Trinajstić information content (AvgIpc) is 2.33. The number of hydrazine groups is 1. The largest absolute Gasteiger partial charge is 0.467 e. The first-order valence-electron chi connectivity index (χ1n) is 3.02. The molecule has 2 N–H and O–H groups in total. The molecule has 3 nitrogen and oxygen atoms in total. The second-order valence-electron chi connectivity index (χ2n) is 2.06.